The highest BCUT2D eigenvalue weighted by Gasteiger charge is 2.52. The monoisotopic (exact) mass is 634 g/mol. The summed E-state index contributed by atoms with van der Waals surface area (Å²) in [5.74, 6) is -14.7. The lowest BCUT2D eigenvalue weighted by molar-refractivity contribution is -0.283. The molecule has 45 heavy (non-hydrogen) atoms. The fourth-order valence-corrected chi connectivity index (χ4v) is 4.78. The molecule has 238 valence electrons. The molecule has 0 spiro atoms. The SMILES string of the molecule is O=C(O[C@@H]1O[C@H](CO)[C@@H](O)[C@@H]2OC(=O)c3cc(O)c(O)c(O)c3-c3c(cc(O)c(O)c3O)C(=O)O[C@@H]12)c1cc(O)c(O)c(O)c1. The Labute approximate surface area is 248 Å². The van der Waals surface area contributed by atoms with Gasteiger partial charge < -0.3 is 75.1 Å². The number of esters is 3. The second-order valence-corrected chi connectivity index (χ2v) is 9.76. The number of hydrogen-bond acceptors (Lipinski definition) is 18. The third kappa shape index (κ3) is 4.97. The molecule has 0 aliphatic carbocycles. The van der Waals surface area contributed by atoms with Crippen LogP contribution in [-0.4, -0.2) is 111 Å². The van der Waals surface area contributed by atoms with E-state index in [0.29, 0.717) is 24.3 Å². The van der Waals surface area contributed by atoms with Crippen molar-refractivity contribution >= 4 is 17.9 Å². The summed E-state index contributed by atoms with van der Waals surface area (Å²) >= 11 is 0. The molecule has 0 unspecified atom stereocenters. The van der Waals surface area contributed by atoms with Gasteiger partial charge in [-0.05, 0) is 24.3 Å². The zero-order chi connectivity index (χ0) is 33.1. The highest BCUT2D eigenvalue weighted by Crippen LogP contribution is 2.53. The van der Waals surface area contributed by atoms with Crippen LogP contribution in [0.2, 0.25) is 0 Å². The summed E-state index contributed by atoms with van der Waals surface area (Å²) in [4.78, 5) is 40.0. The molecule has 18 heteroatoms. The number of phenolic OH excluding ortho intramolecular Hbond substituents is 9. The van der Waals surface area contributed by atoms with Crippen LogP contribution in [0.5, 0.6) is 51.7 Å². The Balaban J connectivity index is 1.68. The third-order valence-corrected chi connectivity index (χ3v) is 7.01. The van der Waals surface area contributed by atoms with Crippen molar-refractivity contribution in [1.82, 2.24) is 0 Å². The summed E-state index contributed by atoms with van der Waals surface area (Å²) < 4.78 is 21.3. The van der Waals surface area contributed by atoms with Gasteiger partial charge in [0.15, 0.2) is 46.4 Å². The van der Waals surface area contributed by atoms with Crippen molar-refractivity contribution in [3.05, 3.63) is 41.0 Å². The second-order valence-electron chi connectivity index (χ2n) is 9.76. The number of aliphatic hydroxyl groups excluding tert-OH is 2. The molecule has 11 N–H and O–H groups in total. The van der Waals surface area contributed by atoms with Crippen molar-refractivity contribution in [2.45, 2.75) is 30.7 Å². The molecule has 0 radical (unpaired) electrons. The molecule has 0 amide bonds. The van der Waals surface area contributed by atoms with Gasteiger partial charge in [-0.15, -0.1) is 0 Å². The number of ether oxygens (including phenoxy) is 4. The Kier molecular flexibility index (Phi) is 7.49. The lowest BCUT2D eigenvalue weighted by Crippen LogP contribution is -2.62. The average Bonchev–Trinajstić information content (AvgIpc) is 2.99. The molecule has 5 atom stereocenters. The molecule has 0 saturated carbocycles. The van der Waals surface area contributed by atoms with Crippen LogP contribution in [0, 0.1) is 0 Å². The summed E-state index contributed by atoms with van der Waals surface area (Å²) in [5.41, 5.74) is -4.17. The molecule has 1 fully saturated rings. The van der Waals surface area contributed by atoms with E-state index in [1.54, 1.807) is 0 Å². The van der Waals surface area contributed by atoms with E-state index in [4.69, 9.17) is 18.9 Å². The largest absolute Gasteiger partial charge is 0.504 e. The smallest absolute Gasteiger partial charge is 0.340 e. The van der Waals surface area contributed by atoms with Crippen LogP contribution in [-0.2, 0) is 18.9 Å². The number of phenols is 9. The van der Waals surface area contributed by atoms with Gasteiger partial charge in [-0.2, -0.15) is 0 Å². The predicted octanol–water partition coefficient (Wildman–Crippen LogP) is -0.297. The summed E-state index contributed by atoms with van der Waals surface area (Å²) in [7, 11) is 0. The van der Waals surface area contributed by atoms with E-state index >= 15 is 0 Å². The molecular formula is C27H22O18. The van der Waals surface area contributed by atoms with Crippen molar-refractivity contribution in [2.75, 3.05) is 6.61 Å². The number of carbonyl (C=O) groups is 3. The van der Waals surface area contributed by atoms with Crippen LogP contribution >= 0.6 is 0 Å². The van der Waals surface area contributed by atoms with Gasteiger partial charge in [-0.25, -0.2) is 14.4 Å². The first kappa shape index (κ1) is 30.6. The first-order valence-electron chi connectivity index (χ1n) is 12.5. The van der Waals surface area contributed by atoms with Gasteiger partial charge >= 0.3 is 17.9 Å². The van der Waals surface area contributed by atoms with Gasteiger partial charge in [0.2, 0.25) is 23.9 Å². The van der Waals surface area contributed by atoms with E-state index < -0.39 is 135 Å². The molecule has 3 aromatic carbocycles. The minimum absolute atomic E-state index is 0.529. The maximum Gasteiger partial charge on any atom is 0.340 e. The topological polar surface area (TPSA) is 311 Å². The summed E-state index contributed by atoms with van der Waals surface area (Å²) in [6.07, 6.45) is -10.1. The van der Waals surface area contributed by atoms with Crippen molar-refractivity contribution in [3.63, 3.8) is 0 Å². The van der Waals surface area contributed by atoms with Crippen molar-refractivity contribution in [3.8, 4) is 62.9 Å². The van der Waals surface area contributed by atoms with Crippen LogP contribution in [0.15, 0.2) is 24.3 Å². The van der Waals surface area contributed by atoms with E-state index in [0.717, 1.165) is 0 Å². The summed E-state index contributed by atoms with van der Waals surface area (Å²) in [6, 6.07) is 2.42. The summed E-state index contributed by atoms with van der Waals surface area (Å²) in [5, 5.41) is 112. The first-order chi connectivity index (χ1) is 21.2. The maximum absolute atomic E-state index is 13.6. The number of carbonyl (C=O) groups excluding carboxylic acids is 3. The minimum Gasteiger partial charge on any atom is -0.504 e. The van der Waals surface area contributed by atoms with E-state index in [9.17, 15) is 70.6 Å². The lowest BCUT2D eigenvalue weighted by atomic mass is 9.91. The van der Waals surface area contributed by atoms with Crippen LogP contribution in [0.25, 0.3) is 11.1 Å². The van der Waals surface area contributed by atoms with Crippen molar-refractivity contribution in [1.29, 1.82) is 0 Å². The van der Waals surface area contributed by atoms with Crippen LogP contribution < -0.4 is 0 Å². The molecule has 3 aromatic rings. The van der Waals surface area contributed by atoms with Gasteiger partial charge in [-0.3, -0.25) is 0 Å². The van der Waals surface area contributed by atoms with E-state index in [2.05, 4.69) is 0 Å². The van der Waals surface area contributed by atoms with Crippen molar-refractivity contribution in [2.24, 2.45) is 0 Å². The number of aliphatic hydroxyl groups is 2. The highest BCUT2D eigenvalue weighted by molar-refractivity contribution is 6.08. The zero-order valence-corrected chi connectivity index (χ0v) is 22.2. The highest BCUT2D eigenvalue weighted by atomic mass is 16.7. The normalized spacial score (nSPS) is 22.7. The Morgan fingerprint density at radius 3 is 1.58 bits per heavy atom. The molecule has 0 bridgehead atoms. The number of rotatable bonds is 3. The molecular weight excluding hydrogens is 612 g/mol. The van der Waals surface area contributed by atoms with E-state index in [1.165, 1.54) is 0 Å². The van der Waals surface area contributed by atoms with Gasteiger partial charge in [0, 0.05) is 11.1 Å². The van der Waals surface area contributed by atoms with Crippen LogP contribution in [0.3, 0.4) is 0 Å². The summed E-state index contributed by atoms with van der Waals surface area (Å²) in [6.45, 7) is -0.999. The molecule has 2 aliphatic rings. The molecule has 5 rings (SSSR count). The standard InChI is InChI=1S/C27H22O18/c28-5-13-19(36)22-23(27(42-13)45-24(39)6-1-9(29)16(33)10(30)2-6)44-26(41)8-4-12(32)18(35)21(38)15(8)14-7(25(40)43-22)3-11(31)17(34)20(14)37/h1-4,13,19,22-23,27-38H,5H2/t13-,19-,22+,23-,27+/m1/s1. The molecule has 2 aliphatic heterocycles. The fraction of sp³-hybridized carbons (Fsp3) is 0.222. The molecule has 1 saturated heterocycles. The number of benzene rings is 3. The fourth-order valence-electron chi connectivity index (χ4n) is 4.78. The zero-order valence-electron chi connectivity index (χ0n) is 22.2. The Morgan fingerprint density at radius 1 is 0.667 bits per heavy atom. The van der Waals surface area contributed by atoms with Gasteiger partial charge in [0.25, 0.3) is 0 Å². The third-order valence-electron chi connectivity index (χ3n) is 7.01. The molecule has 18 nitrogen and oxygen atoms in total. The maximum atomic E-state index is 13.6. The van der Waals surface area contributed by atoms with Gasteiger partial charge in [0.05, 0.1) is 23.3 Å². The molecule has 2 heterocycles. The quantitative estimate of drug-likeness (QED) is 0.100. The number of fused-ring (bicyclic) bond motifs is 4. The Morgan fingerprint density at radius 2 is 1.11 bits per heavy atom. The average molecular weight is 634 g/mol. The second kappa shape index (κ2) is 11.0. The van der Waals surface area contributed by atoms with Crippen molar-refractivity contribution < 1.29 is 89.5 Å². The Hall–Kier alpha value is -5.85. The lowest BCUT2D eigenvalue weighted by Gasteiger charge is -2.42. The van der Waals surface area contributed by atoms with E-state index in [1.807, 2.05) is 0 Å². The number of hydrogen-bond donors (Lipinski definition) is 11. The van der Waals surface area contributed by atoms with Gasteiger partial charge in [-0.1, -0.05) is 0 Å². The first-order valence-corrected chi connectivity index (χ1v) is 12.5. The number of aromatic hydroxyl groups is 9. The predicted molar refractivity (Wildman–Crippen MR) is 139 cm³/mol. The van der Waals surface area contributed by atoms with Crippen LogP contribution in [0.1, 0.15) is 31.1 Å². The molecule has 0 aromatic heterocycles. The minimum atomic E-state index is -2.15. The van der Waals surface area contributed by atoms with E-state index in [-0.39, 0.29) is 0 Å². The Bertz CT molecular complexity index is 1730. The van der Waals surface area contributed by atoms with Crippen LogP contribution in [0.4, 0.5) is 0 Å². The van der Waals surface area contributed by atoms with Gasteiger partial charge in [0.1, 0.15) is 12.2 Å².